The molecule has 1 saturated carbocycles. The summed E-state index contributed by atoms with van der Waals surface area (Å²) in [6, 6.07) is 0.800. The standard InChI is InChI=1S/C16H33N/c1-6-17-16-10-9-14(13(4)5)11-15(16)8-7-12(2)3/h12-17H,6-11H2,1-5H3. The second kappa shape index (κ2) is 7.41. The van der Waals surface area contributed by atoms with E-state index in [0.29, 0.717) is 0 Å². The van der Waals surface area contributed by atoms with Crippen molar-refractivity contribution in [3.63, 3.8) is 0 Å². The van der Waals surface area contributed by atoms with E-state index in [9.17, 15) is 0 Å². The normalized spacial score (nSPS) is 30.2. The van der Waals surface area contributed by atoms with Crippen LogP contribution in [0, 0.1) is 23.7 Å². The van der Waals surface area contributed by atoms with Crippen molar-refractivity contribution < 1.29 is 0 Å². The van der Waals surface area contributed by atoms with Crippen LogP contribution in [0.5, 0.6) is 0 Å². The molecule has 0 amide bonds. The van der Waals surface area contributed by atoms with Gasteiger partial charge in [0.25, 0.3) is 0 Å². The van der Waals surface area contributed by atoms with Gasteiger partial charge in [0.1, 0.15) is 0 Å². The Labute approximate surface area is 109 Å². The molecule has 0 aromatic rings. The maximum atomic E-state index is 3.72. The summed E-state index contributed by atoms with van der Waals surface area (Å²) in [4.78, 5) is 0. The molecule has 0 bridgehead atoms. The molecule has 1 nitrogen and oxygen atoms in total. The minimum atomic E-state index is 0.800. The molecule has 0 aromatic heterocycles. The Hall–Kier alpha value is -0.0400. The van der Waals surface area contributed by atoms with Crippen LogP contribution in [-0.4, -0.2) is 12.6 Å². The number of nitrogens with one attached hydrogen (secondary N) is 1. The van der Waals surface area contributed by atoms with Crippen molar-refractivity contribution in [3.05, 3.63) is 0 Å². The van der Waals surface area contributed by atoms with Gasteiger partial charge in [0, 0.05) is 6.04 Å². The van der Waals surface area contributed by atoms with Gasteiger partial charge in [-0.2, -0.15) is 0 Å². The molecule has 102 valence electrons. The summed E-state index contributed by atoms with van der Waals surface area (Å²) < 4.78 is 0. The maximum absolute atomic E-state index is 3.72. The first-order chi connectivity index (χ1) is 8.04. The smallest absolute Gasteiger partial charge is 0.00954 e. The van der Waals surface area contributed by atoms with Crippen molar-refractivity contribution in [2.75, 3.05) is 6.54 Å². The van der Waals surface area contributed by atoms with Crippen LogP contribution in [0.15, 0.2) is 0 Å². The SMILES string of the molecule is CCNC1CCC(C(C)C)CC1CCC(C)C. The van der Waals surface area contributed by atoms with E-state index in [1.54, 1.807) is 0 Å². The van der Waals surface area contributed by atoms with E-state index in [4.69, 9.17) is 0 Å². The molecule has 1 heteroatoms. The van der Waals surface area contributed by atoms with E-state index in [1.807, 2.05) is 0 Å². The van der Waals surface area contributed by atoms with Crippen molar-refractivity contribution in [1.29, 1.82) is 0 Å². The van der Waals surface area contributed by atoms with Gasteiger partial charge in [-0.25, -0.2) is 0 Å². The lowest BCUT2D eigenvalue weighted by Gasteiger charge is -2.38. The molecule has 0 aliphatic heterocycles. The summed E-state index contributed by atoms with van der Waals surface area (Å²) in [5.41, 5.74) is 0. The van der Waals surface area contributed by atoms with Gasteiger partial charge in [-0.05, 0) is 55.9 Å². The molecule has 17 heavy (non-hydrogen) atoms. The fourth-order valence-electron chi connectivity index (χ4n) is 3.30. The Morgan fingerprint density at radius 1 is 1.12 bits per heavy atom. The van der Waals surface area contributed by atoms with Gasteiger partial charge >= 0.3 is 0 Å². The monoisotopic (exact) mass is 239 g/mol. The lowest BCUT2D eigenvalue weighted by atomic mass is 9.71. The van der Waals surface area contributed by atoms with Crippen LogP contribution in [0.1, 0.15) is 66.7 Å². The van der Waals surface area contributed by atoms with E-state index in [2.05, 4.69) is 39.9 Å². The van der Waals surface area contributed by atoms with Crippen LogP contribution >= 0.6 is 0 Å². The second-order valence-electron chi connectivity index (χ2n) is 6.71. The zero-order chi connectivity index (χ0) is 12.8. The fraction of sp³-hybridized carbons (Fsp3) is 1.00. The summed E-state index contributed by atoms with van der Waals surface area (Å²) in [5, 5.41) is 3.72. The molecule has 1 N–H and O–H groups in total. The highest BCUT2D eigenvalue weighted by molar-refractivity contribution is 4.85. The van der Waals surface area contributed by atoms with Gasteiger partial charge in [0.15, 0.2) is 0 Å². The molecule has 1 fully saturated rings. The largest absolute Gasteiger partial charge is 0.314 e. The molecule has 0 aromatic carbocycles. The average Bonchev–Trinajstić information content (AvgIpc) is 2.27. The van der Waals surface area contributed by atoms with Crippen molar-refractivity contribution in [2.45, 2.75) is 72.8 Å². The van der Waals surface area contributed by atoms with Crippen LogP contribution in [0.25, 0.3) is 0 Å². The van der Waals surface area contributed by atoms with Gasteiger partial charge in [-0.3, -0.25) is 0 Å². The third-order valence-electron chi connectivity index (χ3n) is 4.55. The Balaban J connectivity index is 2.49. The first-order valence-electron chi connectivity index (χ1n) is 7.77. The highest BCUT2D eigenvalue weighted by atomic mass is 14.9. The molecular weight excluding hydrogens is 206 g/mol. The van der Waals surface area contributed by atoms with Crippen LogP contribution < -0.4 is 5.32 Å². The quantitative estimate of drug-likeness (QED) is 0.721. The predicted molar refractivity (Wildman–Crippen MR) is 77.2 cm³/mol. The average molecular weight is 239 g/mol. The molecule has 0 saturated heterocycles. The Kier molecular flexibility index (Phi) is 6.54. The molecule has 0 radical (unpaired) electrons. The van der Waals surface area contributed by atoms with Crippen LogP contribution in [0.4, 0.5) is 0 Å². The zero-order valence-corrected chi connectivity index (χ0v) is 12.6. The topological polar surface area (TPSA) is 12.0 Å². The van der Waals surface area contributed by atoms with E-state index >= 15 is 0 Å². The van der Waals surface area contributed by atoms with E-state index in [1.165, 1.54) is 32.1 Å². The summed E-state index contributed by atoms with van der Waals surface area (Å²) >= 11 is 0. The highest BCUT2D eigenvalue weighted by Gasteiger charge is 2.30. The van der Waals surface area contributed by atoms with Gasteiger partial charge < -0.3 is 5.32 Å². The zero-order valence-electron chi connectivity index (χ0n) is 12.6. The van der Waals surface area contributed by atoms with Gasteiger partial charge in [0.2, 0.25) is 0 Å². The van der Waals surface area contributed by atoms with Gasteiger partial charge in [-0.1, -0.05) is 41.0 Å². The summed E-state index contributed by atoms with van der Waals surface area (Å²) in [6.45, 7) is 12.9. The van der Waals surface area contributed by atoms with Crippen molar-refractivity contribution in [1.82, 2.24) is 5.32 Å². The summed E-state index contributed by atoms with van der Waals surface area (Å²) in [5.74, 6) is 3.64. The molecule has 3 atom stereocenters. The third-order valence-corrected chi connectivity index (χ3v) is 4.55. The number of hydrogen-bond donors (Lipinski definition) is 1. The van der Waals surface area contributed by atoms with Crippen LogP contribution in [-0.2, 0) is 0 Å². The van der Waals surface area contributed by atoms with Crippen LogP contribution in [0.2, 0.25) is 0 Å². The molecule has 0 heterocycles. The van der Waals surface area contributed by atoms with E-state index < -0.39 is 0 Å². The van der Waals surface area contributed by atoms with Gasteiger partial charge in [0.05, 0.1) is 0 Å². The van der Waals surface area contributed by atoms with Crippen molar-refractivity contribution in [3.8, 4) is 0 Å². The lowest BCUT2D eigenvalue weighted by molar-refractivity contribution is 0.156. The maximum Gasteiger partial charge on any atom is 0.00954 e. The minimum Gasteiger partial charge on any atom is -0.314 e. The molecule has 1 aliphatic rings. The summed E-state index contributed by atoms with van der Waals surface area (Å²) in [7, 11) is 0. The Bertz CT molecular complexity index is 198. The molecular formula is C16H33N. The van der Waals surface area contributed by atoms with Crippen molar-refractivity contribution in [2.24, 2.45) is 23.7 Å². The number of hydrogen-bond acceptors (Lipinski definition) is 1. The molecule has 1 rings (SSSR count). The summed E-state index contributed by atoms with van der Waals surface area (Å²) in [6.07, 6.45) is 7.13. The highest BCUT2D eigenvalue weighted by Crippen LogP contribution is 2.36. The van der Waals surface area contributed by atoms with E-state index in [-0.39, 0.29) is 0 Å². The van der Waals surface area contributed by atoms with Gasteiger partial charge in [-0.15, -0.1) is 0 Å². The van der Waals surface area contributed by atoms with Crippen molar-refractivity contribution >= 4 is 0 Å². The first kappa shape index (κ1) is 15.0. The molecule has 3 unspecified atom stereocenters. The fourth-order valence-corrected chi connectivity index (χ4v) is 3.30. The second-order valence-corrected chi connectivity index (χ2v) is 6.71. The lowest BCUT2D eigenvalue weighted by Crippen LogP contribution is -2.41. The third kappa shape index (κ3) is 4.99. The van der Waals surface area contributed by atoms with E-state index in [0.717, 1.165) is 36.3 Å². The first-order valence-corrected chi connectivity index (χ1v) is 7.77. The number of rotatable bonds is 6. The Morgan fingerprint density at radius 3 is 2.35 bits per heavy atom. The predicted octanol–water partition coefficient (Wildman–Crippen LogP) is 4.47. The molecule has 0 spiro atoms. The van der Waals surface area contributed by atoms with Crippen LogP contribution in [0.3, 0.4) is 0 Å². The molecule has 1 aliphatic carbocycles. The Morgan fingerprint density at radius 2 is 1.82 bits per heavy atom. The minimum absolute atomic E-state index is 0.800.